The van der Waals surface area contributed by atoms with Crippen molar-refractivity contribution < 1.29 is 9.53 Å². The van der Waals surface area contributed by atoms with Crippen molar-refractivity contribution in [2.75, 3.05) is 42.8 Å². The zero-order valence-corrected chi connectivity index (χ0v) is 18.4. The quantitative estimate of drug-likeness (QED) is 0.629. The summed E-state index contributed by atoms with van der Waals surface area (Å²) in [4.78, 5) is 15.9. The standard InChI is InChI=1S/C22H24N6O2S/c1-14-21-17(15-3-5-16(31-2)6-4-15)13-20(29)23-22(21)28(26-14)19-8-7-18(24-25-19)27-9-11-30-12-10-27/h3-8,17H,9-13H2,1-2H3,(H,23,29). The first-order valence-electron chi connectivity index (χ1n) is 10.3. The fraction of sp³-hybridized carbons (Fsp3) is 0.364. The molecule has 4 heterocycles. The van der Waals surface area contributed by atoms with E-state index in [0.717, 1.165) is 35.7 Å². The molecule has 8 nitrogen and oxygen atoms in total. The van der Waals surface area contributed by atoms with Crippen LogP contribution in [-0.2, 0) is 9.53 Å². The lowest BCUT2D eigenvalue weighted by molar-refractivity contribution is -0.116. The van der Waals surface area contributed by atoms with E-state index >= 15 is 0 Å². The average Bonchev–Trinajstić information content (AvgIpc) is 3.15. The van der Waals surface area contributed by atoms with Gasteiger partial charge in [0.1, 0.15) is 5.82 Å². The Labute approximate surface area is 185 Å². The number of rotatable bonds is 4. The number of thioether (sulfide) groups is 1. The Morgan fingerprint density at radius 2 is 1.77 bits per heavy atom. The number of hydrogen-bond acceptors (Lipinski definition) is 7. The summed E-state index contributed by atoms with van der Waals surface area (Å²) in [7, 11) is 0. The third kappa shape index (κ3) is 3.79. The van der Waals surface area contributed by atoms with Crippen LogP contribution >= 0.6 is 11.8 Å². The Hall–Kier alpha value is -2.91. The Bertz CT molecular complexity index is 1090. The van der Waals surface area contributed by atoms with Gasteiger partial charge in [-0.2, -0.15) is 9.78 Å². The van der Waals surface area contributed by atoms with Crippen molar-refractivity contribution in [3.05, 3.63) is 53.2 Å². The van der Waals surface area contributed by atoms with Crippen molar-refractivity contribution >= 4 is 29.3 Å². The third-order valence-electron chi connectivity index (χ3n) is 5.81. The van der Waals surface area contributed by atoms with Crippen LogP contribution in [0, 0.1) is 6.92 Å². The Morgan fingerprint density at radius 1 is 1.06 bits per heavy atom. The second kappa shape index (κ2) is 8.32. The molecule has 2 aliphatic heterocycles. The van der Waals surface area contributed by atoms with Gasteiger partial charge in [0, 0.05) is 35.9 Å². The lowest BCUT2D eigenvalue weighted by Gasteiger charge is -2.27. The zero-order chi connectivity index (χ0) is 21.4. The van der Waals surface area contributed by atoms with Gasteiger partial charge in [0.2, 0.25) is 5.91 Å². The molecule has 1 unspecified atom stereocenters. The lowest BCUT2D eigenvalue weighted by Crippen LogP contribution is -2.36. The van der Waals surface area contributed by atoms with E-state index in [4.69, 9.17) is 9.84 Å². The van der Waals surface area contributed by atoms with E-state index in [0.29, 0.717) is 31.3 Å². The molecule has 0 saturated carbocycles. The number of nitrogens with zero attached hydrogens (tertiary/aromatic N) is 5. The highest BCUT2D eigenvalue weighted by atomic mass is 32.2. The van der Waals surface area contributed by atoms with Gasteiger partial charge >= 0.3 is 0 Å². The van der Waals surface area contributed by atoms with E-state index < -0.39 is 0 Å². The normalized spacial score (nSPS) is 18.6. The molecule has 0 bridgehead atoms. The molecule has 0 aliphatic carbocycles. The molecule has 1 fully saturated rings. The number of morpholine rings is 1. The first-order valence-corrected chi connectivity index (χ1v) is 11.6. The number of aryl methyl sites for hydroxylation is 1. The lowest BCUT2D eigenvalue weighted by atomic mass is 9.86. The van der Waals surface area contributed by atoms with Crippen LogP contribution in [0.3, 0.4) is 0 Å². The molecule has 5 rings (SSSR count). The highest BCUT2D eigenvalue weighted by Crippen LogP contribution is 2.40. The molecule has 9 heteroatoms. The van der Waals surface area contributed by atoms with Gasteiger partial charge in [-0.1, -0.05) is 12.1 Å². The number of ether oxygens (including phenoxy) is 1. The summed E-state index contributed by atoms with van der Waals surface area (Å²) in [5.41, 5.74) is 3.04. The van der Waals surface area contributed by atoms with Crippen LogP contribution in [-0.4, -0.2) is 58.4 Å². The van der Waals surface area contributed by atoms with Gasteiger partial charge < -0.3 is 15.0 Å². The molecule has 2 aromatic heterocycles. The number of nitrogens with one attached hydrogen (secondary N) is 1. The largest absolute Gasteiger partial charge is 0.378 e. The summed E-state index contributed by atoms with van der Waals surface area (Å²) in [6.45, 7) is 4.97. The van der Waals surface area contributed by atoms with E-state index in [9.17, 15) is 4.79 Å². The summed E-state index contributed by atoms with van der Waals surface area (Å²) >= 11 is 1.70. The van der Waals surface area contributed by atoms with Gasteiger partial charge in [-0.15, -0.1) is 22.0 Å². The number of anilines is 2. The number of hydrogen-bond donors (Lipinski definition) is 1. The fourth-order valence-electron chi connectivity index (χ4n) is 4.23. The van der Waals surface area contributed by atoms with E-state index in [1.54, 1.807) is 16.4 Å². The summed E-state index contributed by atoms with van der Waals surface area (Å²) in [6, 6.07) is 12.2. The molecule has 3 aromatic rings. The minimum absolute atomic E-state index is 0.0227. The summed E-state index contributed by atoms with van der Waals surface area (Å²) in [5, 5.41) is 16.5. The van der Waals surface area contributed by atoms with Crippen molar-refractivity contribution in [3.8, 4) is 5.82 Å². The van der Waals surface area contributed by atoms with Gasteiger partial charge in [-0.3, -0.25) is 4.79 Å². The molecule has 0 radical (unpaired) electrons. The molecular formula is C22H24N6O2S. The smallest absolute Gasteiger partial charge is 0.226 e. The first-order chi connectivity index (χ1) is 15.1. The van der Waals surface area contributed by atoms with Crippen LogP contribution in [0.2, 0.25) is 0 Å². The third-order valence-corrected chi connectivity index (χ3v) is 6.55. The second-order valence-corrected chi connectivity index (χ2v) is 8.57. The predicted molar refractivity (Wildman–Crippen MR) is 120 cm³/mol. The number of fused-ring (bicyclic) bond motifs is 1. The molecule has 160 valence electrons. The molecule has 31 heavy (non-hydrogen) atoms. The molecule has 1 aromatic carbocycles. The van der Waals surface area contributed by atoms with Crippen LogP contribution in [0.25, 0.3) is 5.82 Å². The Balaban J connectivity index is 1.50. The van der Waals surface area contributed by atoms with Crippen molar-refractivity contribution in [2.24, 2.45) is 0 Å². The van der Waals surface area contributed by atoms with Crippen LogP contribution < -0.4 is 10.2 Å². The maximum absolute atomic E-state index is 12.6. The van der Waals surface area contributed by atoms with Crippen molar-refractivity contribution in [3.63, 3.8) is 0 Å². The first kappa shape index (κ1) is 20.0. The van der Waals surface area contributed by atoms with Crippen LogP contribution in [0.1, 0.15) is 29.2 Å². The molecule has 0 spiro atoms. The topological polar surface area (TPSA) is 85.2 Å². The number of carbonyl (C=O) groups is 1. The van der Waals surface area contributed by atoms with E-state index in [-0.39, 0.29) is 11.8 Å². The van der Waals surface area contributed by atoms with Gasteiger partial charge in [0.15, 0.2) is 11.6 Å². The molecule has 1 amide bonds. The second-order valence-electron chi connectivity index (χ2n) is 7.69. The van der Waals surface area contributed by atoms with Crippen molar-refractivity contribution in [1.82, 2.24) is 20.0 Å². The SMILES string of the molecule is CSc1ccc(C2CC(=O)Nc3c2c(C)nn3-c2ccc(N3CCOCC3)nn2)cc1. The Kier molecular flexibility index (Phi) is 5.37. The van der Waals surface area contributed by atoms with E-state index in [1.165, 1.54) is 4.90 Å². The van der Waals surface area contributed by atoms with Gasteiger partial charge in [-0.25, -0.2) is 0 Å². The molecule has 2 aliphatic rings. The summed E-state index contributed by atoms with van der Waals surface area (Å²) < 4.78 is 7.10. The maximum Gasteiger partial charge on any atom is 0.226 e. The molecular weight excluding hydrogens is 412 g/mol. The van der Waals surface area contributed by atoms with Gasteiger partial charge in [-0.05, 0) is 43.0 Å². The summed E-state index contributed by atoms with van der Waals surface area (Å²) in [6.07, 6.45) is 2.46. The van der Waals surface area contributed by atoms with E-state index in [2.05, 4.69) is 50.9 Å². The van der Waals surface area contributed by atoms with Crippen LogP contribution in [0.5, 0.6) is 0 Å². The molecule has 1 saturated heterocycles. The number of amides is 1. The Morgan fingerprint density at radius 3 is 2.45 bits per heavy atom. The molecule has 1 atom stereocenters. The minimum atomic E-state index is -0.0333. The predicted octanol–water partition coefficient (Wildman–Crippen LogP) is 3.00. The maximum atomic E-state index is 12.6. The van der Waals surface area contributed by atoms with Crippen LogP contribution in [0.4, 0.5) is 11.6 Å². The molecule has 1 N–H and O–H groups in total. The fourth-order valence-corrected chi connectivity index (χ4v) is 4.63. The van der Waals surface area contributed by atoms with Crippen molar-refractivity contribution in [1.29, 1.82) is 0 Å². The minimum Gasteiger partial charge on any atom is -0.378 e. The summed E-state index contributed by atoms with van der Waals surface area (Å²) in [5.74, 6) is 2.03. The average molecular weight is 437 g/mol. The number of benzene rings is 1. The number of aromatic nitrogens is 4. The van der Waals surface area contributed by atoms with Crippen molar-refractivity contribution in [2.45, 2.75) is 24.2 Å². The highest BCUT2D eigenvalue weighted by Gasteiger charge is 2.33. The van der Waals surface area contributed by atoms with E-state index in [1.807, 2.05) is 19.1 Å². The van der Waals surface area contributed by atoms with Gasteiger partial charge in [0.25, 0.3) is 0 Å². The van der Waals surface area contributed by atoms with Crippen LogP contribution in [0.15, 0.2) is 41.3 Å². The number of carbonyl (C=O) groups excluding carboxylic acids is 1. The zero-order valence-electron chi connectivity index (χ0n) is 17.5. The van der Waals surface area contributed by atoms with Gasteiger partial charge in [0.05, 0.1) is 18.9 Å². The monoisotopic (exact) mass is 436 g/mol. The highest BCUT2D eigenvalue weighted by molar-refractivity contribution is 7.98.